The van der Waals surface area contributed by atoms with Gasteiger partial charge in [0.1, 0.15) is 0 Å². The Kier molecular flexibility index (Phi) is 4.42. The van der Waals surface area contributed by atoms with Crippen molar-refractivity contribution in [2.75, 3.05) is 13.1 Å². The smallest absolute Gasteiger partial charge is 0.236 e. The molecule has 1 aliphatic heterocycles. The van der Waals surface area contributed by atoms with E-state index in [4.69, 9.17) is 0 Å². The van der Waals surface area contributed by atoms with Gasteiger partial charge in [0.05, 0.1) is 4.83 Å². The second-order valence-electron chi connectivity index (χ2n) is 4.88. The van der Waals surface area contributed by atoms with Gasteiger partial charge in [-0.05, 0) is 32.1 Å². The number of nitrogens with zero attached hydrogens (tertiary/aromatic N) is 1. The molecule has 5 heteroatoms. The summed E-state index contributed by atoms with van der Waals surface area (Å²) < 4.78 is 0. The van der Waals surface area contributed by atoms with Crippen molar-refractivity contribution in [2.24, 2.45) is 0 Å². The zero-order chi connectivity index (χ0) is 12.3. The van der Waals surface area contributed by atoms with Gasteiger partial charge in [0.25, 0.3) is 0 Å². The molecule has 1 atom stereocenters. The number of nitrogens with one attached hydrogen (secondary N) is 1. The lowest BCUT2D eigenvalue weighted by atomic mass is 10.1. The van der Waals surface area contributed by atoms with Crippen LogP contribution in [0.5, 0.6) is 0 Å². The minimum atomic E-state index is -0.0171. The zero-order valence-electron chi connectivity index (χ0n) is 9.95. The Hall–Kier alpha value is -0.580. The van der Waals surface area contributed by atoms with Gasteiger partial charge in [-0.2, -0.15) is 0 Å². The van der Waals surface area contributed by atoms with E-state index in [2.05, 4.69) is 21.2 Å². The molecule has 1 saturated carbocycles. The molecule has 0 radical (unpaired) electrons. The van der Waals surface area contributed by atoms with Crippen molar-refractivity contribution in [3.8, 4) is 0 Å². The number of likely N-dealkylation sites (tertiary alicyclic amines) is 1. The second kappa shape index (κ2) is 5.85. The van der Waals surface area contributed by atoms with Crippen LogP contribution in [0.1, 0.15) is 38.5 Å². The number of piperidine rings is 1. The molecule has 1 heterocycles. The third kappa shape index (κ3) is 3.98. The summed E-state index contributed by atoms with van der Waals surface area (Å²) >= 11 is 3.39. The van der Waals surface area contributed by atoms with Crippen molar-refractivity contribution in [2.45, 2.75) is 49.4 Å². The molecule has 2 fully saturated rings. The lowest BCUT2D eigenvalue weighted by Gasteiger charge is -2.29. The first-order chi connectivity index (χ1) is 8.16. The van der Waals surface area contributed by atoms with Gasteiger partial charge in [-0.3, -0.25) is 9.59 Å². The van der Waals surface area contributed by atoms with Gasteiger partial charge in [0, 0.05) is 25.6 Å². The van der Waals surface area contributed by atoms with Crippen LogP contribution < -0.4 is 5.32 Å². The molecule has 1 aliphatic carbocycles. The van der Waals surface area contributed by atoms with Crippen LogP contribution >= 0.6 is 15.9 Å². The number of halogens is 1. The van der Waals surface area contributed by atoms with E-state index >= 15 is 0 Å². The maximum Gasteiger partial charge on any atom is 0.236 e. The van der Waals surface area contributed by atoms with Crippen LogP contribution in [0.25, 0.3) is 0 Å². The van der Waals surface area contributed by atoms with E-state index in [1.165, 1.54) is 0 Å². The van der Waals surface area contributed by atoms with E-state index in [0.717, 1.165) is 38.6 Å². The predicted octanol–water partition coefficient (Wildman–Crippen LogP) is 1.43. The highest BCUT2D eigenvalue weighted by Crippen LogP contribution is 2.20. The van der Waals surface area contributed by atoms with Gasteiger partial charge >= 0.3 is 0 Å². The molecule has 96 valence electrons. The fourth-order valence-corrected chi connectivity index (χ4v) is 2.69. The molecule has 0 spiro atoms. The number of hydrogen-bond donors (Lipinski definition) is 1. The van der Waals surface area contributed by atoms with Gasteiger partial charge in [0.2, 0.25) is 11.8 Å². The Bertz CT molecular complexity index is 305. The average Bonchev–Trinajstić information content (AvgIpc) is 3.08. The molecule has 1 N–H and O–H groups in total. The number of carbonyl (C=O) groups excluding carboxylic acids is 2. The van der Waals surface area contributed by atoms with Crippen LogP contribution in [0.3, 0.4) is 0 Å². The third-order valence-electron chi connectivity index (χ3n) is 3.24. The predicted molar refractivity (Wildman–Crippen MR) is 68.9 cm³/mol. The van der Waals surface area contributed by atoms with Gasteiger partial charge in [0.15, 0.2) is 0 Å². The van der Waals surface area contributed by atoms with Crippen molar-refractivity contribution in [1.29, 1.82) is 0 Å². The van der Waals surface area contributed by atoms with Crippen molar-refractivity contribution in [3.05, 3.63) is 0 Å². The van der Waals surface area contributed by atoms with Crippen LogP contribution in [-0.2, 0) is 9.59 Å². The van der Waals surface area contributed by atoms with Crippen LogP contribution in [0.15, 0.2) is 0 Å². The standard InChI is InChI=1S/C12H19BrN2O2/c13-10-3-1-7-15(12(10)17)8-2-4-11(16)14-9-5-6-9/h9-10H,1-8H2,(H,14,16). The molecule has 1 saturated heterocycles. The average molecular weight is 303 g/mol. The molecule has 0 aromatic carbocycles. The number of carbonyl (C=O) groups is 2. The highest BCUT2D eigenvalue weighted by molar-refractivity contribution is 9.10. The fourth-order valence-electron chi connectivity index (χ4n) is 2.07. The summed E-state index contributed by atoms with van der Waals surface area (Å²) in [5, 5.41) is 2.96. The topological polar surface area (TPSA) is 49.4 Å². The number of rotatable bonds is 5. The largest absolute Gasteiger partial charge is 0.353 e. The summed E-state index contributed by atoms with van der Waals surface area (Å²) in [4.78, 5) is 25.1. The monoisotopic (exact) mass is 302 g/mol. The summed E-state index contributed by atoms with van der Waals surface area (Å²) in [6.07, 6.45) is 5.54. The second-order valence-corrected chi connectivity index (χ2v) is 5.99. The lowest BCUT2D eigenvalue weighted by molar-refractivity contribution is -0.133. The SMILES string of the molecule is O=C(CCCN1CCCC(Br)C1=O)NC1CC1. The Morgan fingerprint density at radius 3 is 2.88 bits per heavy atom. The first-order valence-electron chi connectivity index (χ1n) is 6.39. The third-order valence-corrected chi connectivity index (χ3v) is 4.09. The highest BCUT2D eigenvalue weighted by Gasteiger charge is 2.26. The van der Waals surface area contributed by atoms with Gasteiger partial charge < -0.3 is 10.2 Å². The Morgan fingerprint density at radius 2 is 2.18 bits per heavy atom. The van der Waals surface area contributed by atoms with Crippen molar-refractivity contribution in [1.82, 2.24) is 10.2 Å². The van der Waals surface area contributed by atoms with E-state index < -0.39 is 0 Å². The molecule has 2 amide bonds. The van der Waals surface area contributed by atoms with Crippen molar-refractivity contribution in [3.63, 3.8) is 0 Å². The van der Waals surface area contributed by atoms with Gasteiger partial charge in [-0.25, -0.2) is 0 Å². The first kappa shape index (κ1) is 12.9. The fraction of sp³-hybridized carbons (Fsp3) is 0.833. The summed E-state index contributed by atoms with van der Waals surface area (Å²) in [5.41, 5.74) is 0. The van der Waals surface area contributed by atoms with Crippen molar-refractivity contribution >= 4 is 27.7 Å². The van der Waals surface area contributed by atoms with E-state index in [9.17, 15) is 9.59 Å². The summed E-state index contributed by atoms with van der Waals surface area (Å²) in [5.74, 6) is 0.311. The minimum Gasteiger partial charge on any atom is -0.353 e. The summed E-state index contributed by atoms with van der Waals surface area (Å²) in [6, 6.07) is 0.436. The normalized spacial score (nSPS) is 24.9. The Balaban J connectivity index is 1.63. The molecule has 17 heavy (non-hydrogen) atoms. The molecular formula is C12H19BrN2O2. The quantitative estimate of drug-likeness (QED) is 0.781. The Labute approximate surface area is 110 Å². The van der Waals surface area contributed by atoms with E-state index in [0.29, 0.717) is 19.0 Å². The van der Waals surface area contributed by atoms with Crippen LogP contribution in [0.2, 0.25) is 0 Å². The Morgan fingerprint density at radius 1 is 1.41 bits per heavy atom. The highest BCUT2D eigenvalue weighted by atomic mass is 79.9. The molecule has 0 bridgehead atoms. The minimum absolute atomic E-state index is 0.0171. The van der Waals surface area contributed by atoms with Gasteiger partial charge in [-0.1, -0.05) is 15.9 Å². The molecule has 2 rings (SSSR count). The molecular weight excluding hydrogens is 284 g/mol. The maximum absolute atomic E-state index is 11.8. The molecule has 1 unspecified atom stereocenters. The molecule has 0 aromatic rings. The molecule has 4 nitrogen and oxygen atoms in total. The van der Waals surface area contributed by atoms with E-state index in [1.807, 2.05) is 4.90 Å². The van der Waals surface area contributed by atoms with Crippen LogP contribution in [0.4, 0.5) is 0 Å². The number of amides is 2. The summed E-state index contributed by atoms with van der Waals surface area (Å²) in [6.45, 7) is 1.55. The lowest BCUT2D eigenvalue weighted by Crippen LogP contribution is -2.42. The summed E-state index contributed by atoms with van der Waals surface area (Å²) in [7, 11) is 0. The van der Waals surface area contributed by atoms with Crippen molar-refractivity contribution < 1.29 is 9.59 Å². The van der Waals surface area contributed by atoms with E-state index in [1.54, 1.807) is 0 Å². The van der Waals surface area contributed by atoms with Gasteiger partial charge in [-0.15, -0.1) is 0 Å². The molecule has 2 aliphatic rings. The number of alkyl halides is 1. The van der Waals surface area contributed by atoms with Crippen LogP contribution in [0, 0.1) is 0 Å². The van der Waals surface area contributed by atoms with E-state index in [-0.39, 0.29) is 16.6 Å². The molecule has 0 aromatic heterocycles. The first-order valence-corrected chi connectivity index (χ1v) is 7.30. The maximum atomic E-state index is 11.8. The van der Waals surface area contributed by atoms with Crippen LogP contribution in [-0.4, -0.2) is 40.7 Å². The zero-order valence-corrected chi connectivity index (χ0v) is 11.5. The number of hydrogen-bond acceptors (Lipinski definition) is 2.